The first-order chi connectivity index (χ1) is 22.2. The Labute approximate surface area is 261 Å². The fraction of sp³-hybridized carbons (Fsp3) is 0.0698. The van der Waals surface area contributed by atoms with E-state index in [0.717, 1.165) is 6.42 Å². The Morgan fingerprint density at radius 2 is 1.04 bits per heavy atom. The van der Waals surface area contributed by atoms with Crippen LogP contribution >= 0.6 is 0 Å². The Balaban J connectivity index is 1.26. The molecule has 0 spiro atoms. The van der Waals surface area contributed by atoms with Gasteiger partial charge in [-0.15, -0.1) is 0 Å². The average molecular weight is 575 g/mol. The highest BCUT2D eigenvalue weighted by molar-refractivity contribution is 6.28. The summed E-state index contributed by atoms with van der Waals surface area (Å²) in [5, 5.41) is 7.84. The van der Waals surface area contributed by atoms with E-state index in [1.807, 2.05) is 0 Å². The van der Waals surface area contributed by atoms with Gasteiger partial charge in [0.2, 0.25) is 0 Å². The molecule has 2 nitrogen and oxygen atoms in total. The molecule has 10 rings (SSSR count). The Hall–Kier alpha value is -5.60. The van der Waals surface area contributed by atoms with Crippen LogP contribution in [0.3, 0.4) is 0 Å². The third kappa shape index (κ3) is 3.45. The minimum absolute atomic E-state index is 0.442. The van der Waals surface area contributed by atoms with Crippen LogP contribution in [0.15, 0.2) is 146 Å². The lowest BCUT2D eigenvalue weighted by Crippen LogP contribution is -2.09. The number of hydrogen-bond donors (Lipinski definition) is 0. The molecule has 0 N–H and O–H groups in total. The molecule has 0 saturated heterocycles. The maximum atomic E-state index is 2.49. The second-order valence-electron chi connectivity index (χ2n) is 12.6. The number of para-hydroxylation sites is 3. The van der Waals surface area contributed by atoms with Gasteiger partial charge in [0.15, 0.2) is 0 Å². The van der Waals surface area contributed by atoms with E-state index in [4.69, 9.17) is 0 Å². The summed E-state index contributed by atoms with van der Waals surface area (Å²) in [6.07, 6.45) is 1.06. The molecule has 2 aromatic heterocycles. The van der Waals surface area contributed by atoms with Crippen LogP contribution in [0.2, 0.25) is 0 Å². The van der Waals surface area contributed by atoms with Crippen molar-refractivity contribution in [1.29, 1.82) is 0 Å². The molecule has 2 heteroatoms. The molecule has 0 aliphatic heterocycles. The summed E-state index contributed by atoms with van der Waals surface area (Å²) in [7, 11) is 0. The first-order valence-corrected chi connectivity index (χ1v) is 15.9. The Morgan fingerprint density at radius 3 is 1.73 bits per heavy atom. The van der Waals surface area contributed by atoms with Gasteiger partial charge in [0.05, 0.1) is 22.1 Å². The highest BCUT2D eigenvalue weighted by Crippen LogP contribution is 2.45. The zero-order chi connectivity index (χ0) is 29.6. The lowest BCUT2D eigenvalue weighted by atomic mass is 9.78. The van der Waals surface area contributed by atoms with Gasteiger partial charge in [-0.2, -0.15) is 0 Å². The summed E-state index contributed by atoms with van der Waals surface area (Å²) in [5.41, 5.74) is 13.0. The zero-order valence-electron chi connectivity index (χ0n) is 25.0. The predicted octanol–water partition coefficient (Wildman–Crippen LogP) is 11.4. The highest BCUT2D eigenvalue weighted by atomic mass is 15.0. The number of hydrogen-bond acceptors (Lipinski definition) is 0. The number of fused-ring (bicyclic) bond motifs is 11. The van der Waals surface area contributed by atoms with E-state index in [2.05, 4.69) is 162 Å². The van der Waals surface area contributed by atoms with Crippen LogP contribution in [0.1, 0.15) is 24.0 Å². The molecule has 1 aliphatic carbocycles. The smallest absolute Gasteiger partial charge is 0.0548 e. The molecule has 0 fully saturated rings. The number of nitrogens with zero attached hydrogens (tertiary/aromatic N) is 2. The van der Waals surface area contributed by atoms with Gasteiger partial charge >= 0.3 is 0 Å². The summed E-state index contributed by atoms with van der Waals surface area (Å²) < 4.78 is 4.90. The number of rotatable bonds is 2. The summed E-state index contributed by atoms with van der Waals surface area (Å²) in [4.78, 5) is 0. The maximum Gasteiger partial charge on any atom is 0.0548 e. The monoisotopic (exact) mass is 574 g/mol. The second kappa shape index (κ2) is 9.20. The van der Waals surface area contributed by atoms with E-state index in [1.54, 1.807) is 0 Å². The van der Waals surface area contributed by atoms with Crippen molar-refractivity contribution >= 4 is 54.4 Å². The molecule has 1 unspecified atom stereocenters. The van der Waals surface area contributed by atoms with Crippen molar-refractivity contribution in [2.45, 2.75) is 19.3 Å². The molecule has 0 bridgehead atoms. The topological polar surface area (TPSA) is 9.86 Å². The van der Waals surface area contributed by atoms with Crippen LogP contribution in [-0.4, -0.2) is 9.13 Å². The normalized spacial score (nSPS) is 14.5. The first kappa shape index (κ1) is 24.8. The van der Waals surface area contributed by atoms with Crippen LogP contribution < -0.4 is 0 Å². The van der Waals surface area contributed by atoms with Gasteiger partial charge in [0, 0.05) is 32.9 Å². The molecule has 0 saturated carbocycles. The van der Waals surface area contributed by atoms with Gasteiger partial charge in [-0.1, -0.05) is 97.9 Å². The van der Waals surface area contributed by atoms with E-state index in [1.165, 1.54) is 88.0 Å². The van der Waals surface area contributed by atoms with Gasteiger partial charge in [-0.3, -0.25) is 0 Å². The van der Waals surface area contributed by atoms with Crippen molar-refractivity contribution in [3.05, 3.63) is 157 Å². The van der Waals surface area contributed by atoms with Gasteiger partial charge in [0.25, 0.3) is 0 Å². The fourth-order valence-corrected chi connectivity index (χ4v) is 8.14. The van der Waals surface area contributed by atoms with Crippen molar-refractivity contribution in [1.82, 2.24) is 9.13 Å². The van der Waals surface area contributed by atoms with Gasteiger partial charge in [-0.05, 0) is 100.0 Å². The third-order valence-corrected chi connectivity index (χ3v) is 10.1. The molecule has 45 heavy (non-hydrogen) atoms. The van der Waals surface area contributed by atoms with Crippen LogP contribution in [0, 0.1) is 0 Å². The first-order valence-electron chi connectivity index (χ1n) is 15.9. The summed E-state index contributed by atoms with van der Waals surface area (Å²) >= 11 is 0. The lowest BCUT2D eigenvalue weighted by molar-refractivity contribution is 0.749. The van der Waals surface area contributed by atoms with Crippen molar-refractivity contribution in [3.8, 4) is 22.5 Å². The highest BCUT2D eigenvalue weighted by Gasteiger charge is 2.25. The summed E-state index contributed by atoms with van der Waals surface area (Å²) in [5.74, 6) is 0.442. The SMILES string of the molecule is CC1Cc2cc3ccccc3cc2-c2ccc(-n3c4ccccc4c4c5c6ccccc6n(-c6ccccc6)c5ccc43)cc21. The minimum Gasteiger partial charge on any atom is -0.309 e. The van der Waals surface area contributed by atoms with Gasteiger partial charge < -0.3 is 9.13 Å². The van der Waals surface area contributed by atoms with Gasteiger partial charge in [0.1, 0.15) is 0 Å². The number of aromatic nitrogens is 2. The molecule has 7 aromatic carbocycles. The Morgan fingerprint density at radius 1 is 0.467 bits per heavy atom. The van der Waals surface area contributed by atoms with Crippen LogP contribution in [0.4, 0.5) is 0 Å². The molecular weight excluding hydrogens is 544 g/mol. The molecule has 212 valence electrons. The quantitative estimate of drug-likeness (QED) is 0.194. The molecule has 9 aromatic rings. The maximum absolute atomic E-state index is 2.49. The van der Waals surface area contributed by atoms with E-state index in [-0.39, 0.29) is 0 Å². The molecular formula is C43H30N2. The Kier molecular flexibility index (Phi) is 5.07. The van der Waals surface area contributed by atoms with E-state index < -0.39 is 0 Å². The molecule has 1 aliphatic rings. The van der Waals surface area contributed by atoms with E-state index in [9.17, 15) is 0 Å². The lowest BCUT2D eigenvalue weighted by Gasteiger charge is -2.27. The van der Waals surface area contributed by atoms with Crippen molar-refractivity contribution in [2.75, 3.05) is 0 Å². The van der Waals surface area contributed by atoms with Crippen LogP contribution in [0.5, 0.6) is 0 Å². The van der Waals surface area contributed by atoms with E-state index in [0.29, 0.717) is 5.92 Å². The second-order valence-corrected chi connectivity index (χ2v) is 12.6. The molecule has 2 heterocycles. The summed E-state index contributed by atoms with van der Waals surface area (Å²) in [6.45, 7) is 2.38. The standard InChI is InChI=1S/C43H30N2/c1-27-23-30-24-28-11-5-6-12-29(28)25-37(30)33-20-19-32(26-36(27)33)45-39-18-10-8-16-35(39)43-41(45)22-21-40-42(43)34-15-7-9-17-38(34)44(40)31-13-3-2-4-14-31/h2-22,24-27H,23H2,1H3. The molecule has 0 amide bonds. The molecule has 1 atom stereocenters. The van der Waals surface area contributed by atoms with E-state index >= 15 is 0 Å². The zero-order valence-corrected chi connectivity index (χ0v) is 25.0. The minimum atomic E-state index is 0.442. The van der Waals surface area contributed by atoms with Crippen LogP contribution in [0.25, 0.3) is 76.9 Å². The Bertz CT molecular complexity index is 2630. The third-order valence-electron chi connectivity index (χ3n) is 10.1. The van der Waals surface area contributed by atoms with Crippen molar-refractivity contribution < 1.29 is 0 Å². The van der Waals surface area contributed by atoms with Crippen molar-refractivity contribution in [2.24, 2.45) is 0 Å². The predicted molar refractivity (Wildman–Crippen MR) is 190 cm³/mol. The molecule has 0 radical (unpaired) electrons. The summed E-state index contributed by atoms with van der Waals surface area (Å²) in [6, 6.07) is 53.9. The van der Waals surface area contributed by atoms with Crippen LogP contribution in [-0.2, 0) is 6.42 Å². The number of benzene rings is 7. The van der Waals surface area contributed by atoms with Gasteiger partial charge in [-0.25, -0.2) is 0 Å². The average Bonchev–Trinajstić information content (AvgIpc) is 3.61. The fourth-order valence-electron chi connectivity index (χ4n) is 8.14. The van der Waals surface area contributed by atoms with Crippen molar-refractivity contribution in [3.63, 3.8) is 0 Å². The largest absolute Gasteiger partial charge is 0.309 e.